The SMILES string of the molecule is COc1ccc(Cl)cc1NC(=O)Cn1c(-c2ccncc2)nc2ccccc21. The van der Waals surface area contributed by atoms with E-state index in [0.29, 0.717) is 22.3 Å². The first-order valence-electron chi connectivity index (χ1n) is 8.65. The van der Waals surface area contributed by atoms with Gasteiger partial charge in [-0.25, -0.2) is 4.98 Å². The molecule has 0 atom stereocenters. The Labute approximate surface area is 166 Å². The number of fused-ring (bicyclic) bond motifs is 1. The minimum absolute atomic E-state index is 0.0911. The van der Waals surface area contributed by atoms with Gasteiger partial charge in [-0.2, -0.15) is 0 Å². The van der Waals surface area contributed by atoms with Gasteiger partial charge in [-0.05, 0) is 42.5 Å². The van der Waals surface area contributed by atoms with Gasteiger partial charge in [-0.3, -0.25) is 9.78 Å². The minimum atomic E-state index is -0.209. The molecular weight excluding hydrogens is 376 g/mol. The lowest BCUT2D eigenvalue weighted by Crippen LogP contribution is -2.19. The molecule has 6 nitrogen and oxygen atoms in total. The zero-order chi connectivity index (χ0) is 19.5. The van der Waals surface area contributed by atoms with Crippen LogP contribution in [-0.2, 0) is 11.3 Å². The van der Waals surface area contributed by atoms with E-state index in [4.69, 9.17) is 21.3 Å². The van der Waals surface area contributed by atoms with E-state index >= 15 is 0 Å². The maximum absolute atomic E-state index is 12.8. The molecule has 1 N–H and O–H groups in total. The van der Waals surface area contributed by atoms with E-state index in [1.165, 1.54) is 0 Å². The number of ether oxygens (including phenoxy) is 1. The Morgan fingerprint density at radius 2 is 1.93 bits per heavy atom. The van der Waals surface area contributed by atoms with Gasteiger partial charge in [0.25, 0.3) is 0 Å². The molecule has 0 bridgehead atoms. The van der Waals surface area contributed by atoms with Crippen molar-refractivity contribution < 1.29 is 9.53 Å². The molecule has 4 rings (SSSR count). The monoisotopic (exact) mass is 392 g/mol. The highest BCUT2D eigenvalue weighted by molar-refractivity contribution is 6.31. The number of hydrogen-bond donors (Lipinski definition) is 1. The number of benzene rings is 2. The van der Waals surface area contributed by atoms with E-state index in [-0.39, 0.29) is 12.5 Å². The molecule has 2 heterocycles. The molecule has 2 aromatic heterocycles. The number of anilines is 1. The van der Waals surface area contributed by atoms with Crippen molar-refractivity contribution in [3.8, 4) is 17.1 Å². The predicted octanol–water partition coefficient (Wildman–Crippen LogP) is 4.40. The Morgan fingerprint density at radius 1 is 1.14 bits per heavy atom. The van der Waals surface area contributed by atoms with E-state index in [2.05, 4.69) is 10.3 Å². The van der Waals surface area contributed by atoms with Crippen molar-refractivity contribution in [1.29, 1.82) is 0 Å². The number of carbonyl (C=O) groups excluding carboxylic acids is 1. The van der Waals surface area contributed by atoms with E-state index in [0.717, 1.165) is 16.6 Å². The number of rotatable bonds is 5. The molecule has 0 spiro atoms. The highest BCUT2D eigenvalue weighted by Gasteiger charge is 2.16. The number of halogens is 1. The number of para-hydroxylation sites is 2. The van der Waals surface area contributed by atoms with Crippen molar-refractivity contribution in [2.75, 3.05) is 12.4 Å². The number of hydrogen-bond acceptors (Lipinski definition) is 4. The zero-order valence-corrected chi connectivity index (χ0v) is 15.8. The first kappa shape index (κ1) is 18.0. The summed E-state index contributed by atoms with van der Waals surface area (Å²) in [5, 5.41) is 3.39. The van der Waals surface area contributed by atoms with Crippen LogP contribution in [-0.4, -0.2) is 27.6 Å². The van der Waals surface area contributed by atoms with Crippen molar-refractivity contribution in [3.05, 3.63) is 72.0 Å². The minimum Gasteiger partial charge on any atom is -0.495 e. The molecule has 0 saturated carbocycles. The summed E-state index contributed by atoms with van der Waals surface area (Å²) in [6, 6.07) is 16.5. The lowest BCUT2D eigenvalue weighted by Gasteiger charge is -2.13. The molecule has 7 heteroatoms. The first-order chi connectivity index (χ1) is 13.7. The van der Waals surface area contributed by atoms with Gasteiger partial charge in [-0.1, -0.05) is 23.7 Å². The van der Waals surface area contributed by atoms with Crippen LogP contribution >= 0.6 is 11.6 Å². The molecule has 0 fully saturated rings. The summed E-state index contributed by atoms with van der Waals surface area (Å²) in [7, 11) is 1.55. The fourth-order valence-electron chi connectivity index (χ4n) is 3.07. The van der Waals surface area contributed by atoms with E-state index in [1.807, 2.05) is 41.0 Å². The highest BCUT2D eigenvalue weighted by atomic mass is 35.5. The molecule has 0 radical (unpaired) electrons. The fourth-order valence-corrected chi connectivity index (χ4v) is 3.24. The van der Waals surface area contributed by atoms with Crippen molar-refractivity contribution in [2.24, 2.45) is 0 Å². The maximum Gasteiger partial charge on any atom is 0.244 e. The lowest BCUT2D eigenvalue weighted by molar-refractivity contribution is -0.116. The van der Waals surface area contributed by atoms with Gasteiger partial charge in [0.1, 0.15) is 18.1 Å². The van der Waals surface area contributed by atoms with Crippen LogP contribution in [0.3, 0.4) is 0 Å². The molecule has 0 aliphatic carbocycles. The lowest BCUT2D eigenvalue weighted by atomic mass is 10.2. The van der Waals surface area contributed by atoms with Gasteiger partial charge in [0, 0.05) is 23.0 Å². The van der Waals surface area contributed by atoms with Crippen LogP contribution in [0.4, 0.5) is 5.69 Å². The predicted molar refractivity (Wildman–Crippen MR) is 110 cm³/mol. The largest absolute Gasteiger partial charge is 0.495 e. The summed E-state index contributed by atoms with van der Waals surface area (Å²) in [5.74, 6) is 1.04. The standard InChI is InChI=1S/C21H17ClN4O2/c1-28-19-7-6-15(22)12-17(19)24-20(27)13-26-18-5-3-2-4-16(18)25-21(26)14-8-10-23-11-9-14/h2-12H,13H2,1H3,(H,24,27). The quantitative estimate of drug-likeness (QED) is 0.546. The molecule has 0 unspecified atom stereocenters. The molecule has 0 aliphatic rings. The van der Waals surface area contributed by atoms with Crippen molar-refractivity contribution in [1.82, 2.24) is 14.5 Å². The van der Waals surface area contributed by atoms with Gasteiger partial charge in [0.2, 0.25) is 5.91 Å². The Hall–Kier alpha value is -3.38. The third-order valence-corrected chi connectivity index (χ3v) is 4.57. The average Bonchev–Trinajstić information content (AvgIpc) is 3.07. The number of carbonyl (C=O) groups is 1. The summed E-state index contributed by atoms with van der Waals surface area (Å²) in [4.78, 5) is 21.6. The van der Waals surface area contributed by atoms with Gasteiger partial charge < -0.3 is 14.6 Å². The summed E-state index contributed by atoms with van der Waals surface area (Å²) in [5.41, 5.74) is 3.11. The van der Waals surface area contributed by atoms with Crippen LogP contribution in [0, 0.1) is 0 Å². The van der Waals surface area contributed by atoms with Crippen LogP contribution < -0.4 is 10.1 Å². The Balaban J connectivity index is 1.70. The van der Waals surface area contributed by atoms with Crippen molar-refractivity contribution >= 4 is 34.2 Å². The second-order valence-electron chi connectivity index (χ2n) is 6.14. The van der Waals surface area contributed by atoms with E-state index in [1.54, 1.807) is 37.7 Å². The van der Waals surface area contributed by atoms with Crippen LogP contribution in [0.2, 0.25) is 5.02 Å². The molecule has 140 valence electrons. The van der Waals surface area contributed by atoms with Crippen LogP contribution in [0.1, 0.15) is 0 Å². The van der Waals surface area contributed by atoms with Crippen LogP contribution in [0.5, 0.6) is 5.75 Å². The molecule has 0 saturated heterocycles. The van der Waals surface area contributed by atoms with Gasteiger partial charge in [0.15, 0.2) is 0 Å². The second-order valence-corrected chi connectivity index (χ2v) is 6.58. The molecule has 2 aromatic carbocycles. The number of amides is 1. The van der Waals surface area contributed by atoms with Gasteiger partial charge in [0.05, 0.1) is 23.8 Å². The second kappa shape index (κ2) is 7.70. The Kier molecular flexibility index (Phi) is 4.95. The number of nitrogens with zero attached hydrogens (tertiary/aromatic N) is 3. The third-order valence-electron chi connectivity index (χ3n) is 4.33. The normalized spacial score (nSPS) is 10.8. The number of methoxy groups -OCH3 is 1. The average molecular weight is 393 g/mol. The third kappa shape index (κ3) is 3.54. The first-order valence-corrected chi connectivity index (χ1v) is 9.02. The topological polar surface area (TPSA) is 69.0 Å². The molecular formula is C21H17ClN4O2. The van der Waals surface area contributed by atoms with Crippen molar-refractivity contribution in [2.45, 2.75) is 6.54 Å². The maximum atomic E-state index is 12.8. The summed E-state index contributed by atoms with van der Waals surface area (Å²) in [6.07, 6.45) is 3.41. The van der Waals surface area contributed by atoms with E-state index < -0.39 is 0 Å². The smallest absolute Gasteiger partial charge is 0.244 e. The number of pyridine rings is 1. The summed E-state index contributed by atoms with van der Waals surface area (Å²) >= 11 is 6.06. The fraction of sp³-hybridized carbons (Fsp3) is 0.0952. The molecule has 4 aromatic rings. The highest BCUT2D eigenvalue weighted by Crippen LogP contribution is 2.28. The number of imidazole rings is 1. The molecule has 1 amide bonds. The Bertz CT molecular complexity index is 1140. The molecule has 0 aliphatic heterocycles. The van der Waals surface area contributed by atoms with Gasteiger partial charge in [-0.15, -0.1) is 0 Å². The van der Waals surface area contributed by atoms with Crippen molar-refractivity contribution in [3.63, 3.8) is 0 Å². The number of nitrogens with one attached hydrogen (secondary N) is 1. The van der Waals surface area contributed by atoms with Gasteiger partial charge >= 0.3 is 0 Å². The van der Waals surface area contributed by atoms with E-state index in [9.17, 15) is 4.79 Å². The van der Waals surface area contributed by atoms with Crippen LogP contribution in [0.25, 0.3) is 22.4 Å². The summed E-state index contributed by atoms with van der Waals surface area (Å²) in [6.45, 7) is 0.0911. The summed E-state index contributed by atoms with van der Waals surface area (Å²) < 4.78 is 7.19. The number of aromatic nitrogens is 3. The zero-order valence-electron chi connectivity index (χ0n) is 15.1. The molecule has 28 heavy (non-hydrogen) atoms. The Morgan fingerprint density at radius 3 is 2.71 bits per heavy atom. The van der Waals surface area contributed by atoms with Crippen LogP contribution in [0.15, 0.2) is 67.0 Å².